The van der Waals surface area contributed by atoms with Crippen LogP contribution in [0.3, 0.4) is 0 Å². The van der Waals surface area contributed by atoms with Crippen LogP contribution in [0, 0.1) is 17.3 Å². The number of carbonyl (C=O) groups is 4. The highest BCUT2D eigenvalue weighted by atomic mass is 16.5. The number of alkyl carbamates (subject to hydrolysis) is 1. The fourth-order valence-electron chi connectivity index (χ4n) is 3.46. The van der Waals surface area contributed by atoms with E-state index in [1.165, 1.54) is 0 Å². The molecule has 32 heavy (non-hydrogen) atoms. The summed E-state index contributed by atoms with van der Waals surface area (Å²) in [5.74, 6) is -2.68. The number of Topliss-reactive ketones (excluding diaryl/α,β-unsaturated/α-hetero) is 2. The molecular weight excluding hydrogens is 412 g/mol. The molecule has 2 bridgehead atoms. The normalized spacial score (nSPS) is 18.9. The molecule has 2 amide bonds. The summed E-state index contributed by atoms with van der Waals surface area (Å²) in [4.78, 5) is 50.5. The minimum absolute atomic E-state index is 0.165. The van der Waals surface area contributed by atoms with Gasteiger partial charge in [-0.2, -0.15) is 5.10 Å². The Balaban J connectivity index is 2.13. The highest BCUT2D eigenvalue weighted by Crippen LogP contribution is 2.18. The van der Waals surface area contributed by atoms with Crippen LogP contribution in [-0.2, 0) is 32.1 Å². The first-order valence-corrected chi connectivity index (χ1v) is 11.3. The molecule has 1 aliphatic heterocycles. The summed E-state index contributed by atoms with van der Waals surface area (Å²) >= 11 is 0. The van der Waals surface area contributed by atoms with E-state index in [0.29, 0.717) is 12.2 Å². The number of aryl methyl sites for hydroxylation is 1. The number of amides is 2. The summed E-state index contributed by atoms with van der Waals surface area (Å²) in [6, 6.07) is 0.986. The topological polar surface area (TPSA) is 119 Å². The number of fused-ring (bicyclic) bond motifs is 2. The van der Waals surface area contributed by atoms with E-state index in [1.54, 1.807) is 0 Å². The Kier molecular flexibility index (Phi) is 8.98. The van der Waals surface area contributed by atoms with Gasteiger partial charge in [0.25, 0.3) is 5.91 Å². The molecule has 1 aromatic rings. The molecule has 0 saturated heterocycles. The highest BCUT2D eigenvalue weighted by Gasteiger charge is 2.33. The highest BCUT2D eigenvalue weighted by molar-refractivity contribution is 6.37. The lowest BCUT2D eigenvalue weighted by Crippen LogP contribution is -2.47. The van der Waals surface area contributed by atoms with Crippen molar-refractivity contribution in [2.75, 3.05) is 13.2 Å². The van der Waals surface area contributed by atoms with E-state index in [4.69, 9.17) is 4.74 Å². The van der Waals surface area contributed by atoms with Crippen LogP contribution in [-0.4, -0.2) is 52.5 Å². The Hall–Kier alpha value is -2.71. The number of hydrogen-bond donors (Lipinski definition) is 2. The largest absolute Gasteiger partial charge is 0.449 e. The molecule has 0 fully saturated rings. The predicted molar refractivity (Wildman–Crippen MR) is 119 cm³/mol. The Labute approximate surface area is 189 Å². The Bertz CT molecular complexity index is 825. The molecule has 9 nitrogen and oxygen atoms in total. The van der Waals surface area contributed by atoms with E-state index in [9.17, 15) is 19.2 Å². The average molecular weight is 449 g/mol. The van der Waals surface area contributed by atoms with Gasteiger partial charge >= 0.3 is 6.09 Å². The Morgan fingerprint density at radius 1 is 1.28 bits per heavy atom. The average Bonchev–Trinajstić information content (AvgIpc) is 3.14. The first-order valence-electron chi connectivity index (χ1n) is 11.3. The zero-order chi connectivity index (χ0) is 23.9. The van der Waals surface area contributed by atoms with Crippen molar-refractivity contribution in [3.63, 3.8) is 0 Å². The Morgan fingerprint density at radius 2 is 2.00 bits per heavy atom. The molecule has 9 heteroatoms. The lowest BCUT2D eigenvalue weighted by Gasteiger charge is -2.24. The van der Waals surface area contributed by atoms with Crippen LogP contribution >= 0.6 is 0 Å². The zero-order valence-corrected chi connectivity index (χ0v) is 19.8. The molecule has 0 aliphatic carbocycles. The van der Waals surface area contributed by atoms with Crippen LogP contribution in [0.15, 0.2) is 12.3 Å². The van der Waals surface area contributed by atoms with Crippen LogP contribution in [0.1, 0.15) is 59.6 Å². The summed E-state index contributed by atoms with van der Waals surface area (Å²) in [5.41, 5.74) is 0.453. The maximum atomic E-state index is 13.1. The number of rotatable bonds is 6. The van der Waals surface area contributed by atoms with Gasteiger partial charge in [0, 0.05) is 38.0 Å². The van der Waals surface area contributed by atoms with Gasteiger partial charge in [-0.05, 0) is 30.2 Å². The quantitative estimate of drug-likeness (QED) is 0.645. The number of hydrogen-bond acceptors (Lipinski definition) is 6. The number of ether oxygens (including phenoxy) is 1. The van der Waals surface area contributed by atoms with E-state index in [1.807, 2.05) is 51.6 Å². The van der Waals surface area contributed by atoms with Crippen molar-refractivity contribution in [3.05, 3.63) is 18.0 Å². The van der Waals surface area contributed by atoms with Crippen LogP contribution in [0.5, 0.6) is 0 Å². The van der Waals surface area contributed by atoms with Gasteiger partial charge in [-0.3, -0.25) is 19.1 Å². The minimum Gasteiger partial charge on any atom is -0.449 e. The van der Waals surface area contributed by atoms with Crippen molar-refractivity contribution < 1.29 is 23.9 Å². The van der Waals surface area contributed by atoms with E-state index in [-0.39, 0.29) is 36.6 Å². The lowest BCUT2D eigenvalue weighted by atomic mass is 9.87. The van der Waals surface area contributed by atoms with Gasteiger partial charge in [0.2, 0.25) is 5.78 Å². The van der Waals surface area contributed by atoms with Crippen molar-refractivity contribution in [2.24, 2.45) is 17.3 Å². The molecule has 0 saturated carbocycles. The van der Waals surface area contributed by atoms with Crippen molar-refractivity contribution in [2.45, 2.75) is 72.9 Å². The molecule has 178 valence electrons. The molecule has 2 N–H and O–H groups in total. The summed E-state index contributed by atoms with van der Waals surface area (Å²) in [7, 11) is 0. The number of ketones is 2. The summed E-state index contributed by atoms with van der Waals surface area (Å²) in [5, 5.41) is 9.75. The first-order chi connectivity index (χ1) is 15.0. The SMILES string of the molecule is CC(C)C(NC(=O)OCC(C)(C)C)C(=O)CC1Cc2ccn(n2)CCCCNC(=O)C1=O. The van der Waals surface area contributed by atoms with Gasteiger partial charge in [0.15, 0.2) is 5.78 Å². The van der Waals surface area contributed by atoms with Gasteiger partial charge in [-0.1, -0.05) is 34.6 Å². The van der Waals surface area contributed by atoms with Gasteiger partial charge in [0.1, 0.15) is 0 Å². The second-order valence-electron chi connectivity index (χ2n) is 9.97. The zero-order valence-electron chi connectivity index (χ0n) is 19.8. The minimum atomic E-state index is -0.848. The molecule has 2 rings (SSSR count). The standard InChI is InChI=1S/C23H36N4O5/c1-15(2)19(25-22(31)32-14-23(3,4)5)18(28)13-16-12-17-8-11-27(26-17)10-7-6-9-24-21(30)20(16)29/h8,11,15-16,19H,6-7,9-10,12-14H2,1-5H3,(H,24,30)(H,25,31). The van der Waals surface area contributed by atoms with Crippen LogP contribution in [0.4, 0.5) is 4.79 Å². The molecule has 1 aliphatic rings. The van der Waals surface area contributed by atoms with Gasteiger partial charge in [0.05, 0.1) is 18.3 Å². The van der Waals surface area contributed by atoms with E-state index in [2.05, 4.69) is 15.7 Å². The van der Waals surface area contributed by atoms with Crippen LogP contribution < -0.4 is 10.6 Å². The predicted octanol–water partition coefficient (Wildman–Crippen LogP) is 2.28. The van der Waals surface area contributed by atoms with Crippen molar-refractivity contribution in [1.29, 1.82) is 0 Å². The molecule has 1 aromatic heterocycles. The van der Waals surface area contributed by atoms with Crippen LogP contribution in [0.25, 0.3) is 0 Å². The molecule has 0 radical (unpaired) electrons. The number of nitrogens with zero attached hydrogens (tertiary/aromatic N) is 2. The third-order valence-electron chi connectivity index (χ3n) is 5.22. The van der Waals surface area contributed by atoms with E-state index < -0.39 is 29.7 Å². The van der Waals surface area contributed by atoms with E-state index >= 15 is 0 Å². The fourth-order valence-corrected chi connectivity index (χ4v) is 3.46. The summed E-state index contributed by atoms with van der Waals surface area (Å²) in [6.07, 6.45) is 2.76. The molecule has 2 atom stereocenters. The molecule has 2 unspecified atom stereocenters. The second kappa shape index (κ2) is 11.2. The first kappa shape index (κ1) is 25.5. The number of nitrogens with one attached hydrogen (secondary N) is 2. The molecule has 2 heterocycles. The lowest BCUT2D eigenvalue weighted by molar-refractivity contribution is -0.141. The number of aromatic nitrogens is 2. The summed E-state index contributed by atoms with van der Waals surface area (Å²) < 4.78 is 7.04. The second-order valence-corrected chi connectivity index (χ2v) is 9.97. The third-order valence-corrected chi connectivity index (χ3v) is 5.22. The Morgan fingerprint density at radius 3 is 2.66 bits per heavy atom. The fraction of sp³-hybridized carbons (Fsp3) is 0.696. The summed E-state index contributed by atoms with van der Waals surface area (Å²) in [6.45, 7) is 10.8. The smallest absolute Gasteiger partial charge is 0.407 e. The molecule has 0 spiro atoms. The van der Waals surface area contributed by atoms with Gasteiger partial charge in [-0.15, -0.1) is 0 Å². The monoisotopic (exact) mass is 448 g/mol. The van der Waals surface area contributed by atoms with Gasteiger partial charge in [-0.25, -0.2) is 4.79 Å². The molecule has 0 aromatic carbocycles. The molecular formula is C23H36N4O5. The van der Waals surface area contributed by atoms with Crippen molar-refractivity contribution >= 4 is 23.6 Å². The van der Waals surface area contributed by atoms with Crippen molar-refractivity contribution in [3.8, 4) is 0 Å². The van der Waals surface area contributed by atoms with E-state index in [0.717, 1.165) is 19.4 Å². The van der Waals surface area contributed by atoms with Crippen molar-refractivity contribution in [1.82, 2.24) is 20.4 Å². The maximum absolute atomic E-state index is 13.1. The third kappa shape index (κ3) is 8.09. The van der Waals surface area contributed by atoms with Crippen LogP contribution in [0.2, 0.25) is 0 Å². The number of carbonyl (C=O) groups excluding carboxylic acids is 4. The maximum Gasteiger partial charge on any atom is 0.407 e. The van der Waals surface area contributed by atoms with Gasteiger partial charge < -0.3 is 15.4 Å².